The lowest BCUT2D eigenvalue weighted by atomic mass is 10.1. The molecular weight excluding hydrogens is 276 g/mol. The van der Waals surface area contributed by atoms with E-state index in [9.17, 15) is 0 Å². The van der Waals surface area contributed by atoms with Crippen LogP contribution in [-0.4, -0.2) is 10.2 Å². The predicted molar refractivity (Wildman–Crippen MR) is 75.6 cm³/mol. The molecule has 0 aliphatic heterocycles. The van der Waals surface area contributed by atoms with Crippen molar-refractivity contribution in [3.05, 3.63) is 59.4 Å². The number of aryl methyl sites for hydroxylation is 2. The van der Waals surface area contributed by atoms with Crippen LogP contribution in [0.2, 0.25) is 0 Å². The van der Waals surface area contributed by atoms with Crippen LogP contribution in [0.1, 0.15) is 28.4 Å². The van der Waals surface area contributed by atoms with E-state index in [4.69, 9.17) is 20.4 Å². The molecule has 20 heavy (non-hydrogen) atoms. The average Bonchev–Trinajstić information content (AvgIpc) is 3.05. The van der Waals surface area contributed by atoms with E-state index in [1.807, 2.05) is 50.2 Å². The van der Waals surface area contributed by atoms with Crippen molar-refractivity contribution < 1.29 is 8.83 Å². The largest absolute Gasteiger partial charge is 0.466 e. The minimum absolute atomic E-state index is 0.381. The summed E-state index contributed by atoms with van der Waals surface area (Å²) < 4.78 is 11.1. The van der Waals surface area contributed by atoms with Gasteiger partial charge in [-0.25, -0.2) is 0 Å². The number of benzene rings is 1. The van der Waals surface area contributed by atoms with E-state index >= 15 is 0 Å². The first-order valence-corrected chi connectivity index (χ1v) is 6.68. The molecule has 2 aromatic heterocycles. The van der Waals surface area contributed by atoms with Gasteiger partial charge in [0.2, 0.25) is 5.89 Å². The molecule has 1 unspecified atom stereocenters. The Bertz CT molecular complexity index is 719. The van der Waals surface area contributed by atoms with Gasteiger partial charge in [-0.15, -0.1) is 21.8 Å². The second-order valence-corrected chi connectivity index (χ2v) is 4.98. The van der Waals surface area contributed by atoms with Crippen molar-refractivity contribution in [1.82, 2.24) is 10.2 Å². The molecule has 0 aliphatic carbocycles. The lowest BCUT2D eigenvalue weighted by molar-refractivity contribution is 0.496. The van der Waals surface area contributed by atoms with Gasteiger partial charge in [0, 0.05) is 0 Å². The molecule has 5 heteroatoms. The maximum atomic E-state index is 6.36. The quantitative estimate of drug-likeness (QED) is 0.675. The van der Waals surface area contributed by atoms with Crippen molar-refractivity contribution in [2.75, 3.05) is 0 Å². The molecule has 1 aromatic carbocycles. The highest BCUT2D eigenvalue weighted by Crippen LogP contribution is 2.31. The molecule has 0 amide bonds. The van der Waals surface area contributed by atoms with Gasteiger partial charge < -0.3 is 8.83 Å². The first-order valence-electron chi connectivity index (χ1n) is 6.25. The zero-order valence-corrected chi connectivity index (χ0v) is 11.9. The number of hydrogen-bond acceptors (Lipinski definition) is 4. The maximum absolute atomic E-state index is 6.36. The second kappa shape index (κ2) is 5.13. The molecule has 3 aromatic rings. The summed E-state index contributed by atoms with van der Waals surface area (Å²) in [6, 6.07) is 11.5. The summed E-state index contributed by atoms with van der Waals surface area (Å²) in [6.45, 7) is 3.74. The first-order chi connectivity index (χ1) is 9.65. The van der Waals surface area contributed by atoms with E-state index in [1.54, 1.807) is 0 Å². The number of rotatable bonds is 3. The lowest BCUT2D eigenvalue weighted by Crippen LogP contribution is -1.92. The number of nitrogens with zero attached hydrogens (tertiary/aromatic N) is 2. The smallest absolute Gasteiger partial charge is 0.251 e. The number of hydrogen-bond donors (Lipinski definition) is 0. The standard InChI is InChI=1S/C15H13ClN2O2/c1-9-8-12(10(2)19-9)14-17-18-15(20-14)13(16)11-6-4-3-5-7-11/h3-8,13H,1-2H3. The van der Waals surface area contributed by atoms with E-state index in [-0.39, 0.29) is 0 Å². The average molecular weight is 289 g/mol. The summed E-state index contributed by atoms with van der Waals surface area (Å²) >= 11 is 6.36. The fourth-order valence-corrected chi connectivity index (χ4v) is 2.29. The van der Waals surface area contributed by atoms with Gasteiger partial charge in [0.25, 0.3) is 5.89 Å². The van der Waals surface area contributed by atoms with Crippen LogP contribution >= 0.6 is 11.6 Å². The Morgan fingerprint density at radius 2 is 1.80 bits per heavy atom. The summed E-state index contributed by atoms with van der Waals surface area (Å²) in [5, 5.41) is 7.62. The normalized spacial score (nSPS) is 12.6. The highest BCUT2D eigenvalue weighted by molar-refractivity contribution is 6.22. The molecule has 0 saturated heterocycles. The summed E-state index contributed by atoms with van der Waals surface area (Å²) in [4.78, 5) is 0. The first kappa shape index (κ1) is 12.9. The van der Waals surface area contributed by atoms with Crippen molar-refractivity contribution in [1.29, 1.82) is 0 Å². The Hall–Kier alpha value is -2.07. The molecule has 0 N–H and O–H groups in total. The zero-order valence-electron chi connectivity index (χ0n) is 11.1. The highest BCUT2D eigenvalue weighted by Gasteiger charge is 2.20. The molecule has 0 aliphatic rings. The molecule has 0 bridgehead atoms. The summed E-state index contributed by atoms with van der Waals surface area (Å²) in [5.74, 6) is 2.37. The molecule has 0 saturated carbocycles. The Balaban J connectivity index is 1.93. The van der Waals surface area contributed by atoms with Gasteiger partial charge in [-0.1, -0.05) is 30.3 Å². The van der Waals surface area contributed by atoms with Gasteiger partial charge in [-0.2, -0.15) is 0 Å². The van der Waals surface area contributed by atoms with E-state index < -0.39 is 5.38 Å². The number of aromatic nitrogens is 2. The Labute approximate surface area is 121 Å². The Morgan fingerprint density at radius 1 is 1.05 bits per heavy atom. The molecular formula is C15H13ClN2O2. The van der Waals surface area contributed by atoms with Gasteiger partial charge in [0.05, 0.1) is 5.56 Å². The number of furan rings is 1. The summed E-state index contributed by atoms with van der Waals surface area (Å²) in [6.07, 6.45) is 0. The van der Waals surface area contributed by atoms with E-state index in [1.165, 1.54) is 0 Å². The molecule has 0 radical (unpaired) electrons. The third-order valence-corrected chi connectivity index (χ3v) is 3.46. The molecule has 3 rings (SSSR count). The van der Waals surface area contributed by atoms with Gasteiger partial charge in [0.1, 0.15) is 16.9 Å². The van der Waals surface area contributed by atoms with Crippen molar-refractivity contribution in [2.45, 2.75) is 19.2 Å². The molecule has 1 atom stereocenters. The van der Waals surface area contributed by atoms with Crippen LogP contribution in [0.3, 0.4) is 0 Å². The lowest BCUT2D eigenvalue weighted by Gasteiger charge is -2.03. The molecule has 102 valence electrons. The third-order valence-electron chi connectivity index (χ3n) is 3.02. The van der Waals surface area contributed by atoms with Crippen molar-refractivity contribution in [3.8, 4) is 11.5 Å². The van der Waals surface area contributed by atoms with Crippen LogP contribution in [-0.2, 0) is 0 Å². The fourth-order valence-electron chi connectivity index (χ4n) is 2.05. The van der Waals surface area contributed by atoms with E-state index in [0.717, 1.165) is 22.6 Å². The van der Waals surface area contributed by atoms with Crippen LogP contribution in [0.25, 0.3) is 11.5 Å². The summed E-state index contributed by atoms with van der Waals surface area (Å²) in [7, 11) is 0. The Morgan fingerprint density at radius 3 is 2.45 bits per heavy atom. The van der Waals surface area contributed by atoms with Crippen molar-refractivity contribution >= 4 is 11.6 Å². The van der Waals surface area contributed by atoms with Gasteiger partial charge in [-0.3, -0.25) is 0 Å². The Kier molecular flexibility index (Phi) is 3.32. The van der Waals surface area contributed by atoms with Crippen molar-refractivity contribution in [3.63, 3.8) is 0 Å². The molecule has 4 nitrogen and oxygen atoms in total. The summed E-state index contributed by atoms with van der Waals surface area (Å²) in [5.41, 5.74) is 1.72. The van der Waals surface area contributed by atoms with E-state index in [0.29, 0.717) is 11.8 Å². The maximum Gasteiger partial charge on any atom is 0.251 e. The molecule has 2 heterocycles. The van der Waals surface area contributed by atoms with Gasteiger partial charge >= 0.3 is 0 Å². The minimum atomic E-state index is -0.453. The van der Waals surface area contributed by atoms with Crippen molar-refractivity contribution in [2.24, 2.45) is 0 Å². The van der Waals surface area contributed by atoms with Gasteiger partial charge in [0.15, 0.2) is 0 Å². The van der Waals surface area contributed by atoms with Crippen LogP contribution in [0.4, 0.5) is 0 Å². The van der Waals surface area contributed by atoms with Crippen LogP contribution in [0, 0.1) is 13.8 Å². The van der Waals surface area contributed by atoms with Gasteiger partial charge in [-0.05, 0) is 25.5 Å². The topological polar surface area (TPSA) is 52.1 Å². The minimum Gasteiger partial charge on any atom is -0.466 e. The number of halogens is 1. The molecule has 0 fully saturated rings. The van der Waals surface area contributed by atoms with E-state index in [2.05, 4.69) is 10.2 Å². The van der Waals surface area contributed by atoms with Crippen LogP contribution < -0.4 is 0 Å². The fraction of sp³-hybridized carbons (Fsp3) is 0.200. The predicted octanol–water partition coefficient (Wildman–Crippen LogP) is 4.27. The third kappa shape index (κ3) is 2.34. The van der Waals surface area contributed by atoms with Crippen LogP contribution in [0.15, 0.2) is 45.2 Å². The van der Waals surface area contributed by atoms with Crippen LogP contribution in [0.5, 0.6) is 0 Å². The highest BCUT2D eigenvalue weighted by atomic mass is 35.5. The molecule has 0 spiro atoms. The number of alkyl halides is 1. The monoisotopic (exact) mass is 288 g/mol. The zero-order chi connectivity index (χ0) is 14.1. The SMILES string of the molecule is Cc1cc(-c2nnc(C(Cl)c3ccccc3)o2)c(C)o1. The second-order valence-electron chi connectivity index (χ2n) is 4.55.